The van der Waals surface area contributed by atoms with Gasteiger partial charge in [0, 0.05) is 18.0 Å². The molecule has 3 heterocycles. The molecule has 2 aliphatic heterocycles. The zero-order chi connectivity index (χ0) is 17.7. The highest BCUT2D eigenvalue weighted by Crippen LogP contribution is 2.35. The van der Waals surface area contributed by atoms with Crippen LogP contribution in [-0.2, 0) is 14.6 Å². The van der Waals surface area contributed by atoms with E-state index in [0.717, 1.165) is 10.9 Å². The number of nitrogens with one attached hydrogen (secondary N) is 2. The zero-order valence-corrected chi connectivity index (χ0v) is 14.9. The van der Waals surface area contributed by atoms with Crippen molar-refractivity contribution < 1.29 is 17.9 Å². The molecule has 2 N–H and O–H groups in total. The van der Waals surface area contributed by atoms with Crippen molar-refractivity contribution in [1.29, 1.82) is 0 Å². The third kappa shape index (κ3) is 3.16. The summed E-state index contributed by atoms with van der Waals surface area (Å²) in [5.41, 5.74) is 1.63. The summed E-state index contributed by atoms with van der Waals surface area (Å²) in [5.74, 6) is 0.0583. The topological polar surface area (TPSA) is 101 Å². The predicted molar refractivity (Wildman–Crippen MR) is 93.3 cm³/mol. The van der Waals surface area contributed by atoms with Crippen molar-refractivity contribution in [2.45, 2.75) is 37.8 Å². The van der Waals surface area contributed by atoms with Gasteiger partial charge in [0.2, 0.25) is 0 Å². The van der Waals surface area contributed by atoms with E-state index in [1.165, 1.54) is 0 Å². The molecule has 2 aliphatic rings. The van der Waals surface area contributed by atoms with E-state index >= 15 is 0 Å². The van der Waals surface area contributed by atoms with Gasteiger partial charge < -0.3 is 10.1 Å². The van der Waals surface area contributed by atoms with Crippen molar-refractivity contribution in [3.05, 3.63) is 29.5 Å². The maximum atomic E-state index is 12.8. The highest BCUT2D eigenvalue weighted by atomic mass is 32.2. The van der Waals surface area contributed by atoms with Crippen LogP contribution in [-0.4, -0.2) is 54.3 Å². The van der Waals surface area contributed by atoms with E-state index in [0.29, 0.717) is 36.9 Å². The lowest BCUT2D eigenvalue weighted by Crippen LogP contribution is -2.49. The van der Waals surface area contributed by atoms with E-state index in [1.807, 2.05) is 19.1 Å². The molecule has 25 heavy (non-hydrogen) atoms. The summed E-state index contributed by atoms with van der Waals surface area (Å²) in [6.45, 7) is 2.41. The first-order chi connectivity index (χ1) is 11.9. The highest BCUT2D eigenvalue weighted by Gasteiger charge is 2.46. The number of hydrogen-bond donors (Lipinski definition) is 2. The highest BCUT2D eigenvalue weighted by molar-refractivity contribution is 7.91. The van der Waals surface area contributed by atoms with Crippen LogP contribution in [0.2, 0.25) is 0 Å². The lowest BCUT2D eigenvalue weighted by Gasteiger charge is -2.37. The molecule has 0 aliphatic carbocycles. The Morgan fingerprint density at radius 1 is 1.44 bits per heavy atom. The molecule has 134 valence electrons. The van der Waals surface area contributed by atoms with Crippen LogP contribution < -0.4 is 5.32 Å². The van der Waals surface area contributed by atoms with Gasteiger partial charge in [-0.2, -0.15) is 5.10 Å². The number of H-pyrrole nitrogens is 1. The molecule has 1 amide bonds. The Labute approximate surface area is 146 Å². The Balaban J connectivity index is 1.53. The van der Waals surface area contributed by atoms with Gasteiger partial charge in [-0.25, -0.2) is 8.42 Å². The number of carbonyl (C=O) groups is 1. The summed E-state index contributed by atoms with van der Waals surface area (Å²) in [7, 11) is -3.04. The fourth-order valence-electron chi connectivity index (χ4n) is 3.96. The number of fused-ring (bicyclic) bond motifs is 1. The lowest BCUT2D eigenvalue weighted by molar-refractivity contribution is -0.0690. The first-order valence-corrected chi connectivity index (χ1v) is 10.3. The minimum Gasteiger partial charge on any atom is -0.374 e. The minimum atomic E-state index is -3.04. The molecule has 1 spiro atoms. The van der Waals surface area contributed by atoms with Crippen LogP contribution in [0.5, 0.6) is 0 Å². The Morgan fingerprint density at radius 2 is 2.28 bits per heavy atom. The Kier molecular flexibility index (Phi) is 3.84. The SMILES string of the molecule is Cc1cc(C(=O)NC2CCOC3(CCS(=O)(=O)C3)C2)c2[nH]ncc2c1. The number of aryl methyl sites for hydroxylation is 1. The van der Waals surface area contributed by atoms with Crippen molar-refractivity contribution in [1.82, 2.24) is 15.5 Å². The molecule has 0 bridgehead atoms. The van der Waals surface area contributed by atoms with Crippen LogP contribution in [0, 0.1) is 6.92 Å². The van der Waals surface area contributed by atoms with Gasteiger partial charge >= 0.3 is 0 Å². The predicted octanol–water partition coefficient (Wildman–Crippen LogP) is 1.34. The van der Waals surface area contributed by atoms with Gasteiger partial charge in [0.05, 0.1) is 34.4 Å². The number of hydrogen-bond acceptors (Lipinski definition) is 5. The fourth-order valence-corrected chi connectivity index (χ4v) is 5.94. The summed E-state index contributed by atoms with van der Waals surface area (Å²) in [4.78, 5) is 12.8. The molecule has 0 radical (unpaired) electrons. The van der Waals surface area contributed by atoms with Crippen molar-refractivity contribution in [2.24, 2.45) is 0 Å². The van der Waals surface area contributed by atoms with Crippen LogP contribution in [0.1, 0.15) is 35.2 Å². The Hall–Kier alpha value is -1.93. The quantitative estimate of drug-likeness (QED) is 0.838. The summed E-state index contributed by atoms with van der Waals surface area (Å²) < 4.78 is 29.5. The molecule has 7 nitrogen and oxygen atoms in total. The maximum Gasteiger partial charge on any atom is 0.253 e. The smallest absolute Gasteiger partial charge is 0.253 e. The van der Waals surface area contributed by atoms with Crippen LogP contribution in [0.15, 0.2) is 18.3 Å². The van der Waals surface area contributed by atoms with Gasteiger partial charge in [-0.15, -0.1) is 0 Å². The van der Waals surface area contributed by atoms with Gasteiger partial charge in [-0.1, -0.05) is 0 Å². The second-order valence-corrected chi connectivity index (χ2v) is 9.37. The number of nitrogens with zero attached hydrogens (tertiary/aromatic N) is 1. The van der Waals surface area contributed by atoms with E-state index < -0.39 is 15.4 Å². The van der Waals surface area contributed by atoms with Crippen molar-refractivity contribution in [3.63, 3.8) is 0 Å². The third-order valence-corrected chi connectivity index (χ3v) is 6.91. The maximum absolute atomic E-state index is 12.8. The van der Waals surface area contributed by atoms with Crippen LogP contribution in [0.25, 0.3) is 10.9 Å². The normalized spacial score (nSPS) is 28.4. The molecule has 0 saturated carbocycles. The molecule has 1 aromatic heterocycles. The van der Waals surface area contributed by atoms with E-state index in [4.69, 9.17) is 4.74 Å². The van der Waals surface area contributed by atoms with Gasteiger partial charge in [0.15, 0.2) is 9.84 Å². The number of ether oxygens (including phenoxy) is 1. The van der Waals surface area contributed by atoms with Crippen LogP contribution in [0.3, 0.4) is 0 Å². The number of benzene rings is 1. The molecule has 8 heteroatoms. The van der Waals surface area contributed by atoms with E-state index in [1.54, 1.807) is 6.20 Å². The molecule has 2 fully saturated rings. The third-order valence-electron chi connectivity index (χ3n) is 5.12. The number of aromatic amines is 1. The van der Waals surface area contributed by atoms with E-state index in [9.17, 15) is 13.2 Å². The van der Waals surface area contributed by atoms with Crippen molar-refractivity contribution in [2.75, 3.05) is 18.1 Å². The van der Waals surface area contributed by atoms with Gasteiger partial charge in [-0.3, -0.25) is 9.89 Å². The van der Waals surface area contributed by atoms with Gasteiger partial charge in [0.1, 0.15) is 0 Å². The van der Waals surface area contributed by atoms with Crippen LogP contribution in [0.4, 0.5) is 0 Å². The lowest BCUT2D eigenvalue weighted by atomic mass is 9.89. The van der Waals surface area contributed by atoms with E-state index in [2.05, 4.69) is 15.5 Å². The average molecular weight is 363 g/mol. The molecule has 2 atom stereocenters. The van der Waals surface area contributed by atoms with E-state index in [-0.39, 0.29) is 23.5 Å². The number of sulfone groups is 1. The molecule has 4 rings (SSSR count). The number of aromatic nitrogens is 2. The molecular weight excluding hydrogens is 342 g/mol. The molecule has 2 aromatic rings. The Morgan fingerprint density at radius 3 is 3.04 bits per heavy atom. The number of carbonyl (C=O) groups excluding carboxylic acids is 1. The largest absolute Gasteiger partial charge is 0.374 e. The molecule has 2 saturated heterocycles. The summed E-state index contributed by atoms with van der Waals surface area (Å²) in [5, 5.41) is 10.9. The van der Waals surface area contributed by atoms with Gasteiger partial charge in [-0.05, 0) is 43.9 Å². The average Bonchev–Trinajstić information content (AvgIpc) is 3.11. The minimum absolute atomic E-state index is 0.0572. The molecule has 2 unspecified atom stereocenters. The first-order valence-electron chi connectivity index (χ1n) is 8.45. The zero-order valence-electron chi connectivity index (χ0n) is 14.0. The standard InChI is InChI=1S/C17H21N3O4S/c1-11-6-12-9-18-20-15(12)14(7-11)16(21)19-13-2-4-24-17(8-13)3-5-25(22,23)10-17/h6-7,9,13H,2-5,8,10H2,1H3,(H,18,20)(H,19,21). The Bertz CT molecular complexity index is 937. The van der Waals surface area contributed by atoms with Gasteiger partial charge in [0.25, 0.3) is 5.91 Å². The summed E-state index contributed by atoms with van der Waals surface area (Å²) in [6, 6.07) is 3.72. The molecule has 1 aromatic carbocycles. The summed E-state index contributed by atoms with van der Waals surface area (Å²) in [6.07, 6.45) is 3.43. The second kappa shape index (κ2) is 5.81. The van der Waals surface area contributed by atoms with Crippen molar-refractivity contribution >= 4 is 26.6 Å². The van der Waals surface area contributed by atoms with Crippen LogP contribution >= 0.6 is 0 Å². The number of amides is 1. The fraction of sp³-hybridized carbons (Fsp3) is 0.529. The first kappa shape index (κ1) is 16.5. The van der Waals surface area contributed by atoms with Crippen molar-refractivity contribution in [3.8, 4) is 0 Å². The monoisotopic (exact) mass is 363 g/mol. The second-order valence-electron chi connectivity index (χ2n) is 7.18. The summed E-state index contributed by atoms with van der Waals surface area (Å²) >= 11 is 0. The number of rotatable bonds is 2. The molecular formula is C17H21N3O4S.